The number of nitrogens with zero attached hydrogens (tertiary/aromatic N) is 1. The molecule has 0 saturated carbocycles. The summed E-state index contributed by atoms with van der Waals surface area (Å²) in [6, 6.07) is 26.7. The molecule has 2 amide bonds. The van der Waals surface area contributed by atoms with Crippen LogP contribution in [0.2, 0.25) is 0 Å². The molecule has 184 valence electrons. The van der Waals surface area contributed by atoms with Gasteiger partial charge in [-0.3, -0.25) is 9.59 Å². The molecule has 35 heavy (non-hydrogen) atoms. The number of carbonyl (C=O) groups is 2. The highest BCUT2D eigenvalue weighted by Gasteiger charge is 2.31. The van der Waals surface area contributed by atoms with Crippen LogP contribution >= 0.6 is 0 Å². The van der Waals surface area contributed by atoms with Gasteiger partial charge in [0.05, 0.1) is 0 Å². The number of nitrogens with one attached hydrogen (secondary N) is 1. The maximum Gasteiger partial charge on any atom is 0.261 e. The van der Waals surface area contributed by atoms with Crippen LogP contribution in [0.15, 0.2) is 84.9 Å². The molecule has 0 radical (unpaired) electrons. The van der Waals surface area contributed by atoms with Crippen molar-refractivity contribution in [1.82, 2.24) is 10.2 Å². The van der Waals surface area contributed by atoms with Crippen molar-refractivity contribution in [2.24, 2.45) is 0 Å². The summed E-state index contributed by atoms with van der Waals surface area (Å²) >= 11 is 0. The van der Waals surface area contributed by atoms with Crippen LogP contribution in [0.4, 0.5) is 0 Å². The first-order valence-electron chi connectivity index (χ1n) is 12.4. The van der Waals surface area contributed by atoms with Gasteiger partial charge in [0.2, 0.25) is 5.91 Å². The summed E-state index contributed by atoms with van der Waals surface area (Å²) in [6.45, 7) is 6.28. The average Bonchev–Trinajstić information content (AvgIpc) is 2.90. The van der Waals surface area contributed by atoms with Gasteiger partial charge < -0.3 is 15.0 Å². The minimum atomic E-state index is -0.662. The van der Waals surface area contributed by atoms with Gasteiger partial charge in [-0.1, -0.05) is 86.6 Å². The van der Waals surface area contributed by atoms with Crippen LogP contribution in [-0.4, -0.2) is 35.4 Å². The first kappa shape index (κ1) is 26.0. The van der Waals surface area contributed by atoms with Gasteiger partial charge in [-0.2, -0.15) is 0 Å². The third-order valence-electron chi connectivity index (χ3n) is 6.16. The normalized spacial score (nSPS) is 12.4. The van der Waals surface area contributed by atoms with Gasteiger partial charge in [0.1, 0.15) is 11.8 Å². The highest BCUT2D eigenvalue weighted by atomic mass is 16.5. The number of amides is 2. The zero-order valence-corrected chi connectivity index (χ0v) is 20.9. The van der Waals surface area contributed by atoms with E-state index in [0.717, 1.165) is 24.0 Å². The third-order valence-corrected chi connectivity index (χ3v) is 6.16. The summed E-state index contributed by atoms with van der Waals surface area (Å²) in [5.74, 6) is 0.257. The lowest BCUT2D eigenvalue weighted by atomic mass is 10.0. The fourth-order valence-corrected chi connectivity index (χ4v) is 3.82. The number of benzene rings is 3. The second-order valence-electron chi connectivity index (χ2n) is 8.82. The molecule has 0 unspecified atom stereocenters. The molecule has 3 aromatic rings. The van der Waals surface area contributed by atoms with E-state index < -0.39 is 6.04 Å². The molecule has 0 spiro atoms. The van der Waals surface area contributed by atoms with Crippen molar-refractivity contribution in [3.63, 3.8) is 0 Å². The highest BCUT2D eigenvalue weighted by Crippen LogP contribution is 2.17. The van der Waals surface area contributed by atoms with Crippen molar-refractivity contribution < 1.29 is 14.3 Å². The van der Waals surface area contributed by atoms with E-state index in [2.05, 4.69) is 12.2 Å². The summed E-state index contributed by atoms with van der Waals surface area (Å²) in [6.07, 6.45) is 2.18. The Kier molecular flexibility index (Phi) is 9.91. The molecule has 0 bridgehead atoms. The Labute approximate surface area is 209 Å². The van der Waals surface area contributed by atoms with E-state index >= 15 is 0 Å². The Balaban J connectivity index is 1.86. The van der Waals surface area contributed by atoms with Crippen LogP contribution in [0.25, 0.3) is 0 Å². The van der Waals surface area contributed by atoms with Crippen LogP contribution in [0.5, 0.6) is 5.75 Å². The molecule has 2 atom stereocenters. The maximum absolute atomic E-state index is 13.6. The first-order chi connectivity index (χ1) is 17.0. The zero-order chi connectivity index (χ0) is 25.0. The van der Waals surface area contributed by atoms with Crippen molar-refractivity contribution in [3.05, 3.63) is 102 Å². The van der Waals surface area contributed by atoms with Crippen LogP contribution in [0.3, 0.4) is 0 Å². The van der Waals surface area contributed by atoms with E-state index in [9.17, 15) is 9.59 Å². The topological polar surface area (TPSA) is 58.6 Å². The van der Waals surface area contributed by atoms with E-state index in [1.54, 1.807) is 4.90 Å². The molecule has 0 fully saturated rings. The van der Waals surface area contributed by atoms with Gasteiger partial charge in [0.15, 0.2) is 6.61 Å². The van der Waals surface area contributed by atoms with Gasteiger partial charge in [0, 0.05) is 19.0 Å². The first-order valence-corrected chi connectivity index (χ1v) is 12.4. The number of hydrogen-bond donors (Lipinski definition) is 1. The molecule has 0 aliphatic rings. The van der Waals surface area contributed by atoms with E-state index in [4.69, 9.17) is 4.74 Å². The van der Waals surface area contributed by atoms with Gasteiger partial charge >= 0.3 is 0 Å². The molecule has 0 saturated heterocycles. The van der Waals surface area contributed by atoms with E-state index in [0.29, 0.717) is 18.7 Å². The lowest BCUT2D eigenvalue weighted by Crippen LogP contribution is -2.53. The van der Waals surface area contributed by atoms with Crippen molar-refractivity contribution >= 4 is 11.8 Å². The van der Waals surface area contributed by atoms with E-state index in [1.807, 2.05) is 98.8 Å². The fourth-order valence-electron chi connectivity index (χ4n) is 3.82. The van der Waals surface area contributed by atoms with E-state index in [1.165, 1.54) is 5.56 Å². The summed E-state index contributed by atoms with van der Waals surface area (Å²) in [7, 11) is 0. The third kappa shape index (κ3) is 7.99. The van der Waals surface area contributed by atoms with E-state index in [-0.39, 0.29) is 24.5 Å². The molecule has 0 aliphatic carbocycles. The number of aryl methyl sites for hydroxylation is 1. The fraction of sp³-hybridized carbons (Fsp3) is 0.333. The van der Waals surface area contributed by atoms with Crippen LogP contribution in [0.1, 0.15) is 43.9 Å². The number of carbonyl (C=O) groups excluding carboxylic acids is 2. The largest absolute Gasteiger partial charge is 0.484 e. The molecular formula is C30H36N2O3. The number of rotatable bonds is 12. The Morgan fingerprint density at radius 2 is 1.43 bits per heavy atom. The summed E-state index contributed by atoms with van der Waals surface area (Å²) in [4.78, 5) is 28.7. The van der Waals surface area contributed by atoms with Gasteiger partial charge in [-0.25, -0.2) is 0 Å². The highest BCUT2D eigenvalue weighted by molar-refractivity contribution is 5.88. The zero-order valence-electron chi connectivity index (χ0n) is 20.9. The molecule has 5 heteroatoms. The van der Waals surface area contributed by atoms with Crippen molar-refractivity contribution in [3.8, 4) is 5.75 Å². The maximum atomic E-state index is 13.6. The number of hydrogen-bond acceptors (Lipinski definition) is 3. The van der Waals surface area contributed by atoms with Crippen molar-refractivity contribution in [2.75, 3.05) is 6.61 Å². The average molecular weight is 473 g/mol. The molecule has 0 aliphatic heterocycles. The second-order valence-corrected chi connectivity index (χ2v) is 8.82. The Morgan fingerprint density at radius 1 is 0.829 bits per heavy atom. The van der Waals surface area contributed by atoms with Gasteiger partial charge in [-0.15, -0.1) is 0 Å². The van der Waals surface area contributed by atoms with Crippen LogP contribution < -0.4 is 10.1 Å². The van der Waals surface area contributed by atoms with Gasteiger partial charge in [-0.05, 0) is 48.6 Å². The molecular weight excluding hydrogens is 436 g/mol. The lowest BCUT2D eigenvalue weighted by molar-refractivity contribution is -0.143. The molecule has 0 heterocycles. The monoisotopic (exact) mass is 472 g/mol. The van der Waals surface area contributed by atoms with Crippen molar-refractivity contribution in [2.45, 2.75) is 58.7 Å². The van der Waals surface area contributed by atoms with Gasteiger partial charge in [0.25, 0.3) is 5.91 Å². The predicted molar refractivity (Wildman–Crippen MR) is 140 cm³/mol. The lowest BCUT2D eigenvalue weighted by Gasteiger charge is -2.32. The standard InChI is InChI=1S/C30H36N2O3/c1-4-23(3)31-30(34)28(20-25-12-8-6-9-13-25)32(21-26-14-10-7-11-15-26)29(33)22-35-27-18-16-24(5-2)17-19-27/h6-19,23,28H,4-5,20-22H2,1-3H3,(H,31,34)/t23-,28-/m1/s1. The molecule has 3 aromatic carbocycles. The quantitative estimate of drug-likeness (QED) is 0.395. The predicted octanol–water partition coefficient (Wildman–Crippen LogP) is 5.18. The minimum Gasteiger partial charge on any atom is -0.484 e. The Bertz CT molecular complexity index is 1050. The second kappa shape index (κ2) is 13.3. The SMILES string of the molecule is CCc1ccc(OCC(=O)N(Cc2ccccc2)[C@H](Cc2ccccc2)C(=O)N[C@H](C)CC)cc1. The Morgan fingerprint density at radius 3 is 2.00 bits per heavy atom. The summed E-state index contributed by atoms with van der Waals surface area (Å²) in [5.41, 5.74) is 3.17. The summed E-state index contributed by atoms with van der Waals surface area (Å²) < 4.78 is 5.85. The van der Waals surface area contributed by atoms with Crippen LogP contribution in [0, 0.1) is 0 Å². The Hall–Kier alpha value is -3.60. The number of ether oxygens (including phenoxy) is 1. The molecule has 5 nitrogen and oxygen atoms in total. The smallest absolute Gasteiger partial charge is 0.261 e. The molecule has 1 N–H and O–H groups in total. The minimum absolute atomic E-state index is 0.0165. The van der Waals surface area contributed by atoms with Crippen molar-refractivity contribution in [1.29, 1.82) is 0 Å². The summed E-state index contributed by atoms with van der Waals surface area (Å²) in [5, 5.41) is 3.08. The molecule has 0 aromatic heterocycles. The van der Waals surface area contributed by atoms with Crippen LogP contribution in [-0.2, 0) is 29.0 Å². The molecule has 3 rings (SSSR count).